The van der Waals surface area contributed by atoms with Gasteiger partial charge in [0, 0.05) is 29.9 Å². The Hall–Kier alpha value is -2.61. The number of hydrogen-bond acceptors (Lipinski definition) is 7. The molecule has 0 unspecified atom stereocenters. The normalized spacial score (nSPS) is 10.2. The second kappa shape index (κ2) is 8.30. The summed E-state index contributed by atoms with van der Waals surface area (Å²) in [6, 6.07) is 5.34. The number of carbonyl (C=O) groups excluding carboxylic acids is 2. The molecule has 7 nitrogen and oxygen atoms in total. The molecule has 0 aliphatic rings. The van der Waals surface area contributed by atoms with Crippen LogP contribution in [0, 0.1) is 0 Å². The summed E-state index contributed by atoms with van der Waals surface area (Å²) in [5.41, 5.74) is 1.19. The first-order valence-electron chi connectivity index (χ1n) is 7.12. The van der Waals surface area contributed by atoms with E-state index in [0.717, 1.165) is 5.56 Å². The molecule has 128 valence electrons. The average Bonchev–Trinajstić information content (AvgIpc) is 2.98. The number of carboxylic acid groups (broad SMARTS) is 1. The van der Waals surface area contributed by atoms with E-state index in [1.54, 1.807) is 37.8 Å². The maximum Gasteiger partial charge on any atom is 0.227 e. The number of aromatic nitrogens is 1. The van der Waals surface area contributed by atoms with E-state index in [4.69, 9.17) is 9.47 Å². The van der Waals surface area contributed by atoms with Crippen LogP contribution in [0.3, 0.4) is 0 Å². The van der Waals surface area contributed by atoms with Crippen molar-refractivity contribution in [1.82, 2.24) is 10.3 Å². The molecule has 1 aromatic heterocycles. The van der Waals surface area contributed by atoms with Crippen LogP contribution < -0.4 is 19.9 Å². The molecule has 2 rings (SSSR count). The van der Waals surface area contributed by atoms with Gasteiger partial charge in [-0.05, 0) is 18.2 Å². The number of hydrogen-bond donors (Lipinski definition) is 1. The smallest absolute Gasteiger partial charge is 0.227 e. The van der Waals surface area contributed by atoms with E-state index in [9.17, 15) is 14.7 Å². The molecule has 0 radical (unpaired) electrons. The van der Waals surface area contributed by atoms with Crippen molar-refractivity contribution >= 4 is 23.2 Å². The highest BCUT2D eigenvalue weighted by Gasteiger charge is 2.10. The second-order valence-electron chi connectivity index (χ2n) is 4.91. The minimum Gasteiger partial charge on any atom is -0.550 e. The molecule has 0 fully saturated rings. The Kier molecular flexibility index (Phi) is 6.14. The van der Waals surface area contributed by atoms with E-state index in [1.165, 1.54) is 11.3 Å². The van der Waals surface area contributed by atoms with Crippen molar-refractivity contribution in [3.05, 3.63) is 39.8 Å². The van der Waals surface area contributed by atoms with Gasteiger partial charge in [0.2, 0.25) is 5.91 Å². The van der Waals surface area contributed by atoms with Crippen LogP contribution in [0.15, 0.2) is 23.6 Å². The van der Waals surface area contributed by atoms with Crippen LogP contribution in [0.4, 0.5) is 0 Å². The number of rotatable bonds is 8. The molecule has 0 spiro atoms. The number of ether oxygens (including phenoxy) is 2. The minimum atomic E-state index is -1.19. The number of amides is 1. The third-order valence-corrected chi connectivity index (χ3v) is 4.10. The Bertz CT molecular complexity index is 729. The molecule has 8 heteroatoms. The summed E-state index contributed by atoms with van der Waals surface area (Å²) in [4.78, 5) is 26.6. The summed E-state index contributed by atoms with van der Waals surface area (Å²) in [7, 11) is 3.12. The Morgan fingerprint density at radius 1 is 1.25 bits per heavy atom. The zero-order chi connectivity index (χ0) is 17.5. The largest absolute Gasteiger partial charge is 0.550 e. The van der Waals surface area contributed by atoms with E-state index in [1.807, 2.05) is 0 Å². The van der Waals surface area contributed by atoms with Gasteiger partial charge in [-0.2, -0.15) is 0 Å². The fourth-order valence-corrected chi connectivity index (χ4v) is 2.87. The highest BCUT2D eigenvalue weighted by atomic mass is 32.1. The number of carbonyl (C=O) groups is 2. The van der Waals surface area contributed by atoms with Gasteiger partial charge in [0.1, 0.15) is 16.5 Å². The van der Waals surface area contributed by atoms with Crippen molar-refractivity contribution in [2.45, 2.75) is 19.4 Å². The molecular formula is C16H17N2O5S-. The molecule has 0 aliphatic heterocycles. The van der Waals surface area contributed by atoms with E-state index in [2.05, 4.69) is 10.3 Å². The summed E-state index contributed by atoms with van der Waals surface area (Å²) in [5, 5.41) is 15.5. The van der Waals surface area contributed by atoms with Gasteiger partial charge in [-0.25, -0.2) is 4.98 Å². The molecule has 2 aromatic rings. The van der Waals surface area contributed by atoms with Gasteiger partial charge in [0.05, 0.1) is 26.3 Å². The van der Waals surface area contributed by atoms with E-state index in [0.29, 0.717) is 22.2 Å². The van der Waals surface area contributed by atoms with Crippen molar-refractivity contribution in [3.63, 3.8) is 0 Å². The number of carboxylic acids is 1. The first-order chi connectivity index (χ1) is 11.5. The summed E-state index contributed by atoms with van der Waals surface area (Å²) in [6.07, 6.45) is -0.164. The molecule has 1 amide bonds. The summed E-state index contributed by atoms with van der Waals surface area (Å²) < 4.78 is 10.4. The van der Waals surface area contributed by atoms with Crippen molar-refractivity contribution in [3.8, 4) is 11.5 Å². The zero-order valence-corrected chi connectivity index (χ0v) is 14.1. The van der Waals surface area contributed by atoms with Crippen LogP contribution in [0.25, 0.3) is 0 Å². The van der Waals surface area contributed by atoms with Crippen LogP contribution in [-0.2, 0) is 29.0 Å². The first-order valence-corrected chi connectivity index (χ1v) is 8.00. The van der Waals surface area contributed by atoms with Crippen LogP contribution in [0.1, 0.15) is 16.3 Å². The number of benzene rings is 1. The lowest BCUT2D eigenvalue weighted by Gasteiger charge is -2.11. The molecule has 1 N–H and O–H groups in total. The molecule has 0 aliphatic carbocycles. The van der Waals surface area contributed by atoms with Crippen LogP contribution in [0.2, 0.25) is 0 Å². The van der Waals surface area contributed by atoms with Gasteiger partial charge in [-0.1, -0.05) is 0 Å². The van der Waals surface area contributed by atoms with Gasteiger partial charge in [0.25, 0.3) is 0 Å². The van der Waals surface area contributed by atoms with Gasteiger partial charge < -0.3 is 24.7 Å². The van der Waals surface area contributed by atoms with Crippen molar-refractivity contribution in [1.29, 1.82) is 0 Å². The topological polar surface area (TPSA) is 101 Å². The molecule has 0 bridgehead atoms. The summed E-state index contributed by atoms with van der Waals surface area (Å²) >= 11 is 1.25. The Labute approximate surface area is 143 Å². The second-order valence-corrected chi connectivity index (χ2v) is 5.86. The van der Waals surface area contributed by atoms with Crippen LogP contribution in [-0.4, -0.2) is 31.1 Å². The third kappa shape index (κ3) is 4.95. The van der Waals surface area contributed by atoms with Gasteiger partial charge in [-0.3, -0.25) is 4.79 Å². The summed E-state index contributed by atoms with van der Waals surface area (Å²) in [6.45, 7) is 0.288. The number of aliphatic carboxylic acids is 1. The Balaban J connectivity index is 1.93. The predicted molar refractivity (Wildman–Crippen MR) is 85.9 cm³/mol. The first kappa shape index (κ1) is 17.7. The minimum absolute atomic E-state index is 0.0873. The lowest BCUT2D eigenvalue weighted by atomic mass is 10.2. The number of thiazole rings is 1. The maximum atomic E-state index is 12.0. The quantitative estimate of drug-likeness (QED) is 0.736. The molecule has 1 aromatic carbocycles. The van der Waals surface area contributed by atoms with Crippen molar-refractivity contribution in [2.24, 2.45) is 0 Å². The fraction of sp³-hybridized carbons (Fsp3) is 0.312. The standard InChI is InChI=1S/C16H18N2O5S/c1-22-12-3-4-13(23-2)10(5-12)8-17-14(19)7-15-18-11(9-24-15)6-16(20)21/h3-5,9H,6-8H2,1-2H3,(H,17,19)(H,20,21)/p-1. The van der Waals surface area contributed by atoms with Crippen molar-refractivity contribution in [2.75, 3.05) is 14.2 Å². The van der Waals surface area contributed by atoms with Gasteiger partial charge in [0.15, 0.2) is 0 Å². The maximum absolute atomic E-state index is 12.0. The number of methoxy groups -OCH3 is 2. The number of nitrogens with one attached hydrogen (secondary N) is 1. The monoisotopic (exact) mass is 349 g/mol. The van der Waals surface area contributed by atoms with Gasteiger partial charge in [-0.15, -0.1) is 11.3 Å². The number of nitrogens with zero attached hydrogens (tertiary/aromatic N) is 1. The third-order valence-electron chi connectivity index (χ3n) is 3.20. The van der Waals surface area contributed by atoms with E-state index in [-0.39, 0.29) is 25.3 Å². The molecular weight excluding hydrogens is 332 g/mol. The predicted octanol–water partition coefficient (Wildman–Crippen LogP) is 0.312. The average molecular weight is 349 g/mol. The highest BCUT2D eigenvalue weighted by molar-refractivity contribution is 7.09. The SMILES string of the molecule is COc1ccc(OC)c(CNC(=O)Cc2nc(CC(=O)[O-])cs2)c1. The zero-order valence-electron chi connectivity index (χ0n) is 13.3. The highest BCUT2D eigenvalue weighted by Crippen LogP contribution is 2.23. The molecule has 0 saturated heterocycles. The molecule has 0 saturated carbocycles. The molecule has 1 heterocycles. The van der Waals surface area contributed by atoms with E-state index < -0.39 is 5.97 Å². The summed E-state index contributed by atoms with van der Waals surface area (Å²) in [5.74, 6) is -0.0795. The van der Waals surface area contributed by atoms with Crippen LogP contribution >= 0.6 is 11.3 Å². The van der Waals surface area contributed by atoms with E-state index >= 15 is 0 Å². The fourth-order valence-electron chi connectivity index (χ4n) is 2.07. The molecule has 0 atom stereocenters. The van der Waals surface area contributed by atoms with Gasteiger partial charge >= 0.3 is 0 Å². The lowest BCUT2D eigenvalue weighted by Crippen LogP contribution is -2.25. The van der Waals surface area contributed by atoms with Crippen LogP contribution in [0.5, 0.6) is 11.5 Å². The lowest BCUT2D eigenvalue weighted by molar-refractivity contribution is -0.304. The molecule has 24 heavy (non-hydrogen) atoms. The van der Waals surface area contributed by atoms with Crippen molar-refractivity contribution < 1.29 is 24.2 Å². The Morgan fingerprint density at radius 3 is 2.71 bits per heavy atom. The Morgan fingerprint density at radius 2 is 2.04 bits per heavy atom.